The van der Waals surface area contributed by atoms with Gasteiger partial charge >= 0.3 is 0 Å². The number of hydrogen-bond acceptors (Lipinski definition) is 5. The largest absolute Gasteiger partial charge is 0.385 e. The van der Waals surface area contributed by atoms with E-state index in [1.807, 2.05) is 28.8 Å². The Morgan fingerprint density at radius 1 is 1.20 bits per heavy atom. The van der Waals surface area contributed by atoms with E-state index in [4.69, 9.17) is 16.3 Å². The number of nitrogens with zero attached hydrogens (tertiary/aromatic N) is 4. The lowest BCUT2D eigenvalue weighted by Crippen LogP contribution is -2.49. The molecule has 3 aliphatic heterocycles. The molecule has 1 saturated heterocycles. The van der Waals surface area contributed by atoms with Gasteiger partial charge in [0.05, 0.1) is 21.8 Å². The van der Waals surface area contributed by atoms with Crippen molar-refractivity contribution in [3.05, 3.63) is 57.6 Å². The van der Waals surface area contributed by atoms with Crippen molar-refractivity contribution >= 4 is 23.2 Å². The van der Waals surface area contributed by atoms with Crippen molar-refractivity contribution < 1.29 is 9.53 Å². The molecule has 3 heterocycles. The van der Waals surface area contributed by atoms with E-state index < -0.39 is 0 Å². The molecule has 0 unspecified atom stereocenters. The number of amides is 1. The molecule has 3 aliphatic rings. The fourth-order valence-corrected chi connectivity index (χ4v) is 4.05. The van der Waals surface area contributed by atoms with Gasteiger partial charge in [0.1, 0.15) is 5.69 Å². The Morgan fingerprint density at radius 3 is 2.70 bits per heavy atom. The highest BCUT2D eigenvalue weighted by molar-refractivity contribution is 6.33. The minimum absolute atomic E-state index is 0.119. The number of fused-ring (bicyclic) bond motifs is 1. The van der Waals surface area contributed by atoms with E-state index in [2.05, 4.69) is 15.1 Å². The molecule has 0 saturated carbocycles. The van der Waals surface area contributed by atoms with Crippen molar-refractivity contribution in [1.29, 1.82) is 0 Å². The number of aryl methyl sites for hydroxylation is 1. The average Bonchev–Trinajstić information content (AvgIpc) is 3.14. The standard InChI is InChI=1S/C21H24ClN5O3/c1-30-12-4-7-25-13-15-19(23-24-20(15)28)16(14-25)21(29)27-10-8-26(9-11-27)18-6-3-2-5-17(18)22/h2-3,5-6,13-14H,4,7-12H2,1H3,(H,24,28). The van der Waals surface area contributed by atoms with E-state index in [0.29, 0.717) is 61.2 Å². The van der Waals surface area contributed by atoms with E-state index >= 15 is 0 Å². The number of benzene rings is 1. The number of rotatable bonds is 6. The monoisotopic (exact) mass is 429 g/mol. The molecule has 1 aromatic rings. The third kappa shape index (κ3) is 4.06. The molecule has 8 nitrogen and oxygen atoms in total. The molecular formula is C21H24ClN5O3. The highest BCUT2D eigenvalue weighted by Crippen LogP contribution is 2.27. The number of ether oxygens (including phenoxy) is 1. The van der Waals surface area contributed by atoms with E-state index in [9.17, 15) is 9.59 Å². The Kier molecular flexibility index (Phi) is 6.06. The predicted molar refractivity (Wildman–Crippen MR) is 116 cm³/mol. The van der Waals surface area contributed by atoms with Crippen LogP contribution in [0.5, 0.6) is 0 Å². The van der Waals surface area contributed by atoms with Crippen LogP contribution in [-0.4, -0.2) is 65.5 Å². The van der Waals surface area contributed by atoms with E-state index in [0.717, 1.165) is 12.1 Å². The van der Waals surface area contributed by atoms with Gasteiger partial charge in [-0.3, -0.25) is 9.59 Å². The summed E-state index contributed by atoms with van der Waals surface area (Å²) in [5, 5.41) is 7.27. The number of nitrogens with one attached hydrogen (secondary N) is 1. The van der Waals surface area contributed by atoms with Gasteiger partial charge in [0.25, 0.3) is 11.5 Å². The summed E-state index contributed by atoms with van der Waals surface area (Å²) in [7, 11) is 1.65. The number of pyridine rings is 1. The first-order valence-electron chi connectivity index (χ1n) is 9.94. The van der Waals surface area contributed by atoms with Crippen molar-refractivity contribution in [3.63, 3.8) is 0 Å². The lowest BCUT2D eigenvalue weighted by atomic mass is 10.1. The molecule has 9 heteroatoms. The number of anilines is 1. The minimum atomic E-state index is -0.288. The quantitative estimate of drug-likeness (QED) is 0.608. The third-order valence-corrected chi connectivity index (χ3v) is 5.69. The van der Waals surface area contributed by atoms with Crippen molar-refractivity contribution in [1.82, 2.24) is 19.7 Å². The highest BCUT2D eigenvalue weighted by Gasteiger charge is 2.28. The topological polar surface area (TPSA) is 83.5 Å². The van der Waals surface area contributed by atoms with Crippen molar-refractivity contribution in [2.24, 2.45) is 0 Å². The van der Waals surface area contributed by atoms with Gasteiger partial charge in [-0.05, 0) is 18.6 Å². The van der Waals surface area contributed by atoms with Gasteiger partial charge in [0.2, 0.25) is 0 Å². The zero-order chi connectivity index (χ0) is 21.1. The number of hydrogen-bond donors (Lipinski definition) is 1. The second-order valence-electron chi connectivity index (χ2n) is 7.30. The molecular weight excluding hydrogens is 406 g/mol. The molecule has 0 aliphatic carbocycles. The Hall–Kier alpha value is -2.84. The second-order valence-corrected chi connectivity index (χ2v) is 7.71. The molecule has 0 aromatic heterocycles. The van der Waals surface area contributed by atoms with Crippen LogP contribution in [0.1, 0.15) is 16.8 Å². The summed E-state index contributed by atoms with van der Waals surface area (Å²) >= 11 is 6.31. The van der Waals surface area contributed by atoms with E-state index in [1.165, 1.54) is 0 Å². The van der Waals surface area contributed by atoms with Gasteiger partial charge in [0, 0.05) is 58.8 Å². The molecule has 0 atom stereocenters. The summed E-state index contributed by atoms with van der Waals surface area (Å²) in [6.07, 6.45) is 4.30. The summed E-state index contributed by atoms with van der Waals surface area (Å²) < 4.78 is 6.97. The number of methoxy groups -OCH3 is 1. The predicted octanol–water partition coefficient (Wildman–Crippen LogP) is 2.33. The van der Waals surface area contributed by atoms with Crippen LogP contribution in [0, 0.1) is 0 Å². The van der Waals surface area contributed by atoms with Gasteiger partial charge in [-0.25, -0.2) is 5.10 Å². The Morgan fingerprint density at radius 2 is 1.97 bits per heavy atom. The van der Waals surface area contributed by atoms with Crippen LogP contribution in [0.4, 0.5) is 5.69 Å². The summed E-state index contributed by atoms with van der Waals surface area (Å²) in [5.74, 6) is -0.119. The fraction of sp³-hybridized carbons (Fsp3) is 0.381. The van der Waals surface area contributed by atoms with Crippen LogP contribution in [0.15, 0.2) is 41.5 Å². The number of aromatic nitrogens is 3. The summed E-state index contributed by atoms with van der Waals surface area (Å²) in [6, 6.07) is 7.72. The van der Waals surface area contributed by atoms with Crippen molar-refractivity contribution in [2.45, 2.75) is 13.0 Å². The van der Waals surface area contributed by atoms with Crippen LogP contribution in [0.2, 0.25) is 5.02 Å². The number of aromatic amines is 1. The lowest BCUT2D eigenvalue weighted by molar-refractivity contribution is 0.0746. The van der Waals surface area contributed by atoms with Gasteiger partial charge in [-0.2, -0.15) is 5.10 Å². The molecule has 1 fully saturated rings. The molecule has 0 radical (unpaired) electrons. The van der Waals surface area contributed by atoms with Gasteiger partial charge in [0.15, 0.2) is 0 Å². The summed E-state index contributed by atoms with van der Waals surface area (Å²) in [5.41, 5.74) is 1.97. The molecule has 0 spiro atoms. The Labute approximate surface area is 179 Å². The number of H-pyrrole nitrogens is 1. The van der Waals surface area contributed by atoms with Gasteiger partial charge < -0.3 is 19.1 Å². The van der Waals surface area contributed by atoms with E-state index in [-0.39, 0.29) is 11.5 Å². The maximum Gasteiger partial charge on any atom is 0.275 e. The highest BCUT2D eigenvalue weighted by atomic mass is 35.5. The zero-order valence-corrected chi connectivity index (χ0v) is 17.6. The number of halogens is 1. The zero-order valence-electron chi connectivity index (χ0n) is 16.8. The first-order chi connectivity index (χ1) is 14.6. The normalized spacial score (nSPS) is 14.5. The fourth-order valence-electron chi connectivity index (χ4n) is 3.80. The van der Waals surface area contributed by atoms with E-state index in [1.54, 1.807) is 24.4 Å². The van der Waals surface area contributed by atoms with Crippen LogP contribution < -0.4 is 10.5 Å². The second kappa shape index (κ2) is 8.89. The molecule has 1 N–H and O–H groups in total. The number of carbonyl (C=O) groups is 1. The van der Waals surface area contributed by atoms with Crippen LogP contribution in [-0.2, 0) is 11.3 Å². The Balaban J connectivity index is 1.53. The third-order valence-electron chi connectivity index (χ3n) is 5.37. The van der Waals surface area contributed by atoms with Crippen LogP contribution in [0.25, 0.3) is 11.3 Å². The van der Waals surface area contributed by atoms with Crippen LogP contribution in [0.3, 0.4) is 0 Å². The molecule has 4 rings (SSSR count). The van der Waals surface area contributed by atoms with Crippen molar-refractivity contribution in [2.75, 3.05) is 44.8 Å². The van der Waals surface area contributed by atoms with Crippen LogP contribution >= 0.6 is 11.6 Å². The van der Waals surface area contributed by atoms with Crippen molar-refractivity contribution in [3.8, 4) is 11.3 Å². The van der Waals surface area contributed by atoms with Gasteiger partial charge in [-0.15, -0.1) is 0 Å². The molecule has 0 bridgehead atoms. The summed E-state index contributed by atoms with van der Waals surface area (Å²) in [4.78, 5) is 29.4. The molecule has 30 heavy (non-hydrogen) atoms. The molecule has 158 valence electrons. The Bertz CT molecular complexity index is 1050. The lowest BCUT2D eigenvalue weighted by Gasteiger charge is -2.36. The maximum absolute atomic E-state index is 13.3. The number of piperazine rings is 1. The summed E-state index contributed by atoms with van der Waals surface area (Å²) in [6.45, 7) is 3.76. The first kappa shape index (κ1) is 20.4. The maximum atomic E-state index is 13.3. The minimum Gasteiger partial charge on any atom is -0.385 e. The first-order valence-corrected chi connectivity index (χ1v) is 10.3. The number of carbonyl (C=O) groups excluding carboxylic acids is 1. The molecule has 1 amide bonds. The number of para-hydroxylation sites is 1. The molecule has 1 aromatic carbocycles. The SMILES string of the molecule is COCCCn1cc(C(=O)N2CCN(c3ccccc3Cl)CC2)c2n[nH]c(=O)c-2c1. The average molecular weight is 430 g/mol. The van der Waals surface area contributed by atoms with Gasteiger partial charge in [-0.1, -0.05) is 23.7 Å². The smallest absolute Gasteiger partial charge is 0.275 e.